The van der Waals surface area contributed by atoms with Crippen LogP contribution < -0.4 is 5.32 Å². The minimum atomic E-state index is -0.528. The van der Waals surface area contributed by atoms with E-state index in [0.29, 0.717) is 16.6 Å². The molecule has 0 aliphatic rings. The molecule has 3 aromatic rings. The summed E-state index contributed by atoms with van der Waals surface area (Å²) in [7, 11) is 1.28. The highest BCUT2D eigenvalue weighted by Gasteiger charge is 2.15. The number of carbonyl (C=O) groups is 2. The molecule has 0 unspecified atom stereocenters. The summed E-state index contributed by atoms with van der Waals surface area (Å²) in [6.45, 7) is 0. The number of anilines is 1. The second kappa shape index (κ2) is 6.54. The molecular weight excluding hydrogens is 311 g/mol. The molecule has 0 saturated carbocycles. The van der Waals surface area contributed by atoms with Gasteiger partial charge in [-0.1, -0.05) is 12.1 Å². The third-order valence-corrected chi connectivity index (χ3v) is 3.69. The van der Waals surface area contributed by atoms with Crippen LogP contribution >= 0.6 is 0 Å². The zero-order chi connectivity index (χ0) is 17.1. The van der Waals surface area contributed by atoms with Crippen molar-refractivity contribution >= 4 is 28.5 Å². The molecule has 2 N–H and O–H groups in total. The maximum atomic E-state index is 13.4. The minimum Gasteiger partial charge on any atom is -0.465 e. The Morgan fingerprint density at radius 3 is 2.79 bits per heavy atom. The Bertz CT molecular complexity index is 918. The fraction of sp³-hybridized carbons (Fsp3) is 0.111. The zero-order valence-electron chi connectivity index (χ0n) is 12.9. The van der Waals surface area contributed by atoms with Crippen molar-refractivity contribution in [3.05, 3.63) is 65.6 Å². The summed E-state index contributed by atoms with van der Waals surface area (Å²) in [5, 5.41) is 3.35. The molecule has 122 valence electrons. The molecule has 0 radical (unpaired) electrons. The van der Waals surface area contributed by atoms with E-state index in [-0.39, 0.29) is 23.7 Å². The Morgan fingerprint density at radius 2 is 2.00 bits per heavy atom. The van der Waals surface area contributed by atoms with E-state index < -0.39 is 5.97 Å². The number of aromatic amines is 1. The first-order valence-electron chi connectivity index (χ1n) is 7.31. The smallest absolute Gasteiger partial charge is 0.339 e. The number of aromatic nitrogens is 1. The average molecular weight is 326 g/mol. The highest BCUT2D eigenvalue weighted by Crippen LogP contribution is 2.21. The number of H-pyrrole nitrogens is 1. The molecule has 3 rings (SSSR count). The molecular formula is C18H15FN2O3. The van der Waals surface area contributed by atoms with Crippen LogP contribution in [0.1, 0.15) is 15.9 Å². The number of benzene rings is 2. The number of ether oxygens (including phenoxy) is 1. The van der Waals surface area contributed by atoms with Gasteiger partial charge in [0.25, 0.3) is 0 Å². The molecule has 0 fully saturated rings. The summed E-state index contributed by atoms with van der Waals surface area (Å²) >= 11 is 0. The Morgan fingerprint density at radius 1 is 1.21 bits per heavy atom. The highest BCUT2D eigenvalue weighted by atomic mass is 19.1. The van der Waals surface area contributed by atoms with Gasteiger partial charge in [-0.2, -0.15) is 0 Å². The normalized spacial score (nSPS) is 10.6. The van der Waals surface area contributed by atoms with E-state index in [1.807, 2.05) is 0 Å². The molecule has 24 heavy (non-hydrogen) atoms. The molecule has 1 amide bonds. The summed E-state index contributed by atoms with van der Waals surface area (Å²) in [6, 6.07) is 11.0. The van der Waals surface area contributed by atoms with E-state index in [0.717, 1.165) is 5.52 Å². The third-order valence-electron chi connectivity index (χ3n) is 3.69. The maximum Gasteiger partial charge on any atom is 0.339 e. The molecule has 2 aromatic carbocycles. The fourth-order valence-corrected chi connectivity index (χ4v) is 2.54. The predicted molar refractivity (Wildman–Crippen MR) is 88.4 cm³/mol. The van der Waals surface area contributed by atoms with Crippen LogP contribution in [0.5, 0.6) is 0 Å². The van der Waals surface area contributed by atoms with E-state index >= 15 is 0 Å². The van der Waals surface area contributed by atoms with Crippen LogP contribution in [0.3, 0.4) is 0 Å². The van der Waals surface area contributed by atoms with Gasteiger partial charge in [-0.05, 0) is 35.9 Å². The summed E-state index contributed by atoms with van der Waals surface area (Å²) in [5.41, 5.74) is 2.09. The minimum absolute atomic E-state index is 0.0545. The molecule has 5 nitrogen and oxygen atoms in total. The van der Waals surface area contributed by atoms with Crippen LogP contribution in [0.15, 0.2) is 48.7 Å². The van der Waals surface area contributed by atoms with Crippen molar-refractivity contribution < 1.29 is 18.7 Å². The molecule has 0 spiro atoms. The predicted octanol–water partition coefficient (Wildman–Crippen LogP) is 3.27. The second-order valence-corrected chi connectivity index (χ2v) is 5.27. The van der Waals surface area contributed by atoms with Crippen molar-refractivity contribution in [3.8, 4) is 0 Å². The maximum absolute atomic E-state index is 13.4. The Kier molecular flexibility index (Phi) is 4.29. The van der Waals surface area contributed by atoms with E-state index in [1.54, 1.807) is 36.5 Å². The lowest BCUT2D eigenvalue weighted by atomic mass is 10.1. The summed E-state index contributed by atoms with van der Waals surface area (Å²) < 4.78 is 18.1. The van der Waals surface area contributed by atoms with Gasteiger partial charge in [0.2, 0.25) is 5.91 Å². The first-order chi connectivity index (χ1) is 11.6. The van der Waals surface area contributed by atoms with Gasteiger partial charge in [0.05, 0.1) is 24.8 Å². The lowest BCUT2D eigenvalue weighted by Crippen LogP contribution is -2.17. The van der Waals surface area contributed by atoms with Crippen LogP contribution in [-0.2, 0) is 16.0 Å². The SMILES string of the molecule is COC(=O)c1ccccc1NC(=O)Cc1c[nH]c2ccc(F)cc12. The molecule has 0 aliphatic heterocycles. The number of fused-ring (bicyclic) bond motifs is 1. The average Bonchev–Trinajstić information content (AvgIpc) is 2.96. The number of amides is 1. The van der Waals surface area contributed by atoms with Gasteiger partial charge in [0.15, 0.2) is 0 Å². The number of hydrogen-bond acceptors (Lipinski definition) is 3. The number of nitrogens with one attached hydrogen (secondary N) is 2. The molecule has 1 heterocycles. The molecule has 0 saturated heterocycles. The van der Waals surface area contributed by atoms with Gasteiger partial charge < -0.3 is 15.0 Å². The van der Waals surface area contributed by atoms with E-state index in [2.05, 4.69) is 10.3 Å². The first-order valence-corrected chi connectivity index (χ1v) is 7.31. The number of hydrogen-bond donors (Lipinski definition) is 2. The van der Waals surface area contributed by atoms with Crippen molar-refractivity contribution in [3.63, 3.8) is 0 Å². The van der Waals surface area contributed by atoms with E-state index in [4.69, 9.17) is 4.74 Å². The third kappa shape index (κ3) is 3.12. The van der Waals surface area contributed by atoms with Gasteiger partial charge >= 0.3 is 5.97 Å². The van der Waals surface area contributed by atoms with Gasteiger partial charge in [-0.25, -0.2) is 9.18 Å². The van der Waals surface area contributed by atoms with Gasteiger partial charge in [0, 0.05) is 17.1 Å². The molecule has 0 bridgehead atoms. The standard InChI is InChI=1S/C18H15FN2O3/c1-24-18(23)13-4-2-3-5-16(13)21-17(22)8-11-10-20-15-7-6-12(19)9-14(11)15/h2-7,9-10,20H,8H2,1H3,(H,21,22). The topological polar surface area (TPSA) is 71.2 Å². The summed E-state index contributed by atoms with van der Waals surface area (Å²) in [5.74, 6) is -1.20. The van der Waals surface area contributed by atoms with Crippen LogP contribution in [0.4, 0.5) is 10.1 Å². The van der Waals surface area contributed by atoms with Crippen LogP contribution in [-0.4, -0.2) is 24.0 Å². The fourth-order valence-electron chi connectivity index (χ4n) is 2.54. The lowest BCUT2D eigenvalue weighted by Gasteiger charge is -2.09. The number of carbonyl (C=O) groups excluding carboxylic acids is 2. The van der Waals surface area contributed by atoms with Gasteiger partial charge in [0.1, 0.15) is 5.82 Å². The second-order valence-electron chi connectivity index (χ2n) is 5.27. The number of esters is 1. The van der Waals surface area contributed by atoms with Crippen molar-refractivity contribution in [2.75, 3.05) is 12.4 Å². The number of para-hydroxylation sites is 1. The quantitative estimate of drug-likeness (QED) is 0.723. The number of methoxy groups -OCH3 is 1. The lowest BCUT2D eigenvalue weighted by molar-refractivity contribution is -0.115. The van der Waals surface area contributed by atoms with Crippen molar-refractivity contribution in [2.24, 2.45) is 0 Å². The largest absolute Gasteiger partial charge is 0.465 e. The zero-order valence-corrected chi connectivity index (χ0v) is 12.9. The molecule has 0 atom stereocenters. The van der Waals surface area contributed by atoms with Crippen LogP contribution in [0.25, 0.3) is 10.9 Å². The summed E-state index contributed by atoms with van der Waals surface area (Å²) in [6.07, 6.45) is 1.73. The van der Waals surface area contributed by atoms with Gasteiger partial charge in [-0.3, -0.25) is 4.79 Å². The molecule has 6 heteroatoms. The van der Waals surface area contributed by atoms with E-state index in [1.165, 1.54) is 19.2 Å². The Balaban J connectivity index is 1.81. The van der Waals surface area contributed by atoms with Crippen LogP contribution in [0.2, 0.25) is 0 Å². The Labute approximate surface area is 137 Å². The molecule has 0 aliphatic carbocycles. The van der Waals surface area contributed by atoms with Crippen molar-refractivity contribution in [2.45, 2.75) is 6.42 Å². The first kappa shape index (κ1) is 15.7. The van der Waals surface area contributed by atoms with Crippen molar-refractivity contribution in [1.82, 2.24) is 4.98 Å². The Hall–Kier alpha value is -3.15. The molecule has 1 aromatic heterocycles. The monoisotopic (exact) mass is 326 g/mol. The highest BCUT2D eigenvalue weighted by molar-refractivity contribution is 6.02. The number of rotatable bonds is 4. The van der Waals surface area contributed by atoms with Gasteiger partial charge in [-0.15, -0.1) is 0 Å². The van der Waals surface area contributed by atoms with Crippen LogP contribution in [0, 0.1) is 5.82 Å². The van der Waals surface area contributed by atoms with E-state index in [9.17, 15) is 14.0 Å². The number of halogens is 1. The summed E-state index contributed by atoms with van der Waals surface area (Å²) in [4.78, 5) is 27.0. The van der Waals surface area contributed by atoms with Crippen molar-refractivity contribution in [1.29, 1.82) is 0 Å².